The van der Waals surface area contributed by atoms with Gasteiger partial charge in [0.15, 0.2) is 0 Å². The van der Waals surface area contributed by atoms with Crippen LogP contribution in [0.5, 0.6) is 5.75 Å². The van der Waals surface area contributed by atoms with E-state index in [4.69, 9.17) is 4.74 Å². The number of halogens is 1. The summed E-state index contributed by atoms with van der Waals surface area (Å²) in [5.74, 6) is 0.807. The molecule has 0 aliphatic carbocycles. The molecule has 0 heterocycles. The van der Waals surface area contributed by atoms with Crippen LogP contribution in [0, 0.1) is 10.1 Å². The topological polar surface area (TPSA) is 64.4 Å². The summed E-state index contributed by atoms with van der Waals surface area (Å²) in [4.78, 5) is 10.6. The molecular weight excluding hydrogens is 336 g/mol. The monoisotopic (exact) mass is 350 g/mol. The molecule has 0 bridgehead atoms. The summed E-state index contributed by atoms with van der Waals surface area (Å²) in [7, 11) is 1.62. The fourth-order valence-electron chi connectivity index (χ4n) is 1.96. The van der Waals surface area contributed by atoms with E-state index in [0.717, 1.165) is 15.8 Å². The second-order valence-corrected chi connectivity index (χ2v) is 5.40. The second-order valence-electron chi connectivity index (χ2n) is 4.48. The Balaban J connectivity index is 1.99. The summed E-state index contributed by atoms with van der Waals surface area (Å²) in [5.41, 5.74) is 1.87. The molecule has 0 aromatic heterocycles. The van der Waals surface area contributed by atoms with Crippen molar-refractivity contribution in [3.8, 4) is 5.75 Å². The Morgan fingerprint density at radius 3 is 2.52 bits per heavy atom. The highest BCUT2D eigenvalue weighted by Crippen LogP contribution is 2.23. The summed E-state index contributed by atoms with van der Waals surface area (Å²) in [6.45, 7) is 1.06. The van der Waals surface area contributed by atoms with E-state index >= 15 is 0 Å². The first-order valence-electron chi connectivity index (χ1n) is 6.36. The predicted molar refractivity (Wildman–Crippen MR) is 84.3 cm³/mol. The van der Waals surface area contributed by atoms with Gasteiger partial charge in [0, 0.05) is 29.2 Å². The lowest BCUT2D eigenvalue weighted by Gasteiger charge is -2.07. The van der Waals surface area contributed by atoms with Crippen LogP contribution in [0.25, 0.3) is 0 Å². The molecule has 1 N–H and O–H groups in total. The number of benzene rings is 2. The molecule has 0 amide bonds. The van der Waals surface area contributed by atoms with Gasteiger partial charge in [0.05, 0.1) is 12.0 Å². The summed E-state index contributed by atoms with van der Waals surface area (Å²) < 4.78 is 5.93. The fraction of sp³-hybridized carbons (Fsp3) is 0.200. The minimum absolute atomic E-state index is 0.125. The quantitative estimate of drug-likeness (QED) is 0.637. The van der Waals surface area contributed by atoms with Gasteiger partial charge in [-0.1, -0.05) is 28.1 Å². The SMILES string of the molecule is COc1ccc(CNCc2cc(Br)ccc2[N+](=O)[O-])cc1. The van der Waals surface area contributed by atoms with E-state index < -0.39 is 0 Å². The Labute approximate surface area is 131 Å². The van der Waals surface area contributed by atoms with E-state index in [9.17, 15) is 10.1 Å². The van der Waals surface area contributed by atoms with Gasteiger partial charge in [-0.2, -0.15) is 0 Å². The maximum atomic E-state index is 11.0. The van der Waals surface area contributed by atoms with Gasteiger partial charge in [-0.25, -0.2) is 0 Å². The Hall–Kier alpha value is -1.92. The molecule has 0 aliphatic rings. The van der Waals surface area contributed by atoms with Crippen LogP contribution in [-0.2, 0) is 13.1 Å². The zero-order valence-electron chi connectivity index (χ0n) is 11.5. The summed E-state index contributed by atoms with van der Waals surface area (Å²) in [6, 6.07) is 12.6. The standard InChI is InChI=1S/C15H15BrN2O3/c1-21-14-5-2-11(3-6-14)9-17-10-12-8-13(16)4-7-15(12)18(19)20/h2-8,17H,9-10H2,1H3. The molecule has 21 heavy (non-hydrogen) atoms. The van der Waals surface area contributed by atoms with Gasteiger partial charge in [0.2, 0.25) is 0 Å². The second kappa shape index (κ2) is 7.19. The van der Waals surface area contributed by atoms with Crippen molar-refractivity contribution in [2.45, 2.75) is 13.1 Å². The van der Waals surface area contributed by atoms with Gasteiger partial charge in [0.25, 0.3) is 5.69 Å². The van der Waals surface area contributed by atoms with E-state index in [2.05, 4.69) is 21.2 Å². The number of nitro benzene ring substituents is 1. The molecule has 0 atom stereocenters. The number of hydrogen-bond acceptors (Lipinski definition) is 4. The highest BCUT2D eigenvalue weighted by Gasteiger charge is 2.13. The van der Waals surface area contributed by atoms with Crippen LogP contribution in [0.4, 0.5) is 5.69 Å². The third-order valence-electron chi connectivity index (χ3n) is 3.04. The number of ether oxygens (including phenoxy) is 1. The molecule has 0 spiro atoms. The average Bonchev–Trinajstić information content (AvgIpc) is 2.48. The van der Waals surface area contributed by atoms with Gasteiger partial charge in [-0.05, 0) is 29.8 Å². The van der Waals surface area contributed by atoms with Gasteiger partial charge >= 0.3 is 0 Å². The van der Waals surface area contributed by atoms with Crippen LogP contribution < -0.4 is 10.1 Å². The van der Waals surface area contributed by atoms with Crippen molar-refractivity contribution in [3.05, 3.63) is 68.2 Å². The first-order valence-corrected chi connectivity index (χ1v) is 7.16. The van der Waals surface area contributed by atoms with Crippen LogP contribution in [0.3, 0.4) is 0 Å². The Morgan fingerprint density at radius 1 is 1.19 bits per heavy atom. The highest BCUT2D eigenvalue weighted by atomic mass is 79.9. The molecule has 0 unspecified atom stereocenters. The molecule has 110 valence electrons. The smallest absolute Gasteiger partial charge is 0.273 e. The molecule has 2 aromatic rings. The maximum Gasteiger partial charge on any atom is 0.273 e. The van der Waals surface area contributed by atoms with Crippen molar-refractivity contribution in [2.75, 3.05) is 7.11 Å². The Bertz CT molecular complexity index is 629. The number of nitro groups is 1. The Morgan fingerprint density at radius 2 is 1.90 bits per heavy atom. The zero-order valence-corrected chi connectivity index (χ0v) is 13.1. The maximum absolute atomic E-state index is 11.0. The van der Waals surface area contributed by atoms with E-state index in [1.807, 2.05) is 24.3 Å². The molecule has 5 nitrogen and oxygen atoms in total. The zero-order chi connectivity index (χ0) is 15.2. The average molecular weight is 351 g/mol. The first kappa shape index (κ1) is 15.5. The van der Waals surface area contributed by atoms with Gasteiger partial charge in [-0.3, -0.25) is 10.1 Å². The van der Waals surface area contributed by atoms with Crippen molar-refractivity contribution in [1.82, 2.24) is 5.32 Å². The summed E-state index contributed by atoms with van der Waals surface area (Å²) in [5, 5.41) is 14.2. The van der Waals surface area contributed by atoms with E-state index in [1.165, 1.54) is 6.07 Å². The number of methoxy groups -OCH3 is 1. The number of rotatable bonds is 6. The van der Waals surface area contributed by atoms with Crippen molar-refractivity contribution in [2.24, 2.45) is 0 Å². The fourth-order valence-corrected chi connectivity index (χ4v) is 2.37. The molecule has 0 saturated heterocycles. The molecule has 0 saturated carbocycles. The van der Waals surface area contributed by atoms with Crippen molar-refractivity contribution in [1.29, 1.82) is 0 Å². The van der Waals surface area contributed by atoms with Crippen LogP contribution in [0.1, 0.15) is 11.1 Å². The summed E-state index contributed by atoms with van der Waals surface area (Å²) >= 11 is 3.33. The van der Waals surface area contributed by atoms with Crippen LogP contribution >= 0.6 is 15.9 Å². The first-order chi connectivity index (χ1) is 10.1. The van der Waals surface area contributed by atoms with E-state index in [0.29, 0.717) is 18.7 Å². The van der Waals surface area contributed by atoms with Crippen LogP contribution in [0.15, 0.2) is 46.9 Å². The van der Waals surface area contributed by atoms with Crippen LogP contribution in [0.2, 0.25) is 0 Å². The number of hydrogen-bond donors (Lipinski definition) is 1. The molecule has 0 fully saturated rings. The minimum Gasteiger partial charge on any atom is -0.497 e. The normalized spacial score (nSPS) is 10.4. The van der Waals surface area contributed by atoms with Crippen molar-refractivity contribution < 1.29 is 9.66 Å². The third-order valence-corrected chi connectivity index (χ3v) is 3.54. The van der Waals surface area contributed by atoms with Gasteiger partial charge in [-0.15, -0.1) is 0 Å². The van der Waals surface area contributed by atoms with Crippen LogP contribution in [-0.4, -0.2) is 12.0 Å². The molecular formula is C15H15BrN2O3. The molecule has 6 heteroatoms. The molecule has 2 rings (SSSR count). The van der Waals surface area contributed by atoms with E-state index in [-0.39, 0.29) is 10.6 Å². The lowest BCUT2D eigenvalue weighted by Crippen LogP contribution is -2.13. The van der Waals surface area contributed by atoms with Gasteiger partial charge < -0.3 is 10.1 Å². The predicted octanol–water partition coefficient (Wildman–Crippen LogP) is 3.66. The summed E-state index contributed by atoms with van der Waals surface area (Å²) in [6.07, 6.45) is 0. The highest BCUT2D eigenvalue weighted by molar-refractivity contribution is 9.10. The van der Waals surface area contributed by atoms with Crippen molar-refractivity contribution in [3.63, 3.8) is 0 Å². The molecule has 2 aromatic carbocycles. The minimum atomic E-state index is -0.364. The Kier molecular flexibility index (Phi) is 5.30. The number of nitrogens with one attached hydrogen (secondary N) is 1. The number of nitrogens with zero attached hydrogens (tertiary/aromatic N) is 1. The van der Waals surface area contributed by atoms with E-state index in [1.54, 1.807) is 19.2 Å². The van der Waals surface area contributed by atoms with Crippen molar-refractivity contribution >= 4 is 21.6 Å². The largest absolute Gasteiger partial charge is 0.497 e. The molecule has 0 radical (unpaired) electrons. The lowest BCUT2D eigenvalue weighted by molar-refractivity contribution is -0.385. The molecule has 0 aliphatic heterocycles. The third kappa shape index (κ3) is 4.27. The lowest BCUT2D eigenvalue weighted by atomic mass is 10.1. The van der Waals surface area contributed by atoms with Gasteiger partial charge in [0.1, 0.15) is 5.75 Å².